The van der Waals surface area contributed by atoms with Crippen molar-refractivity contribution < 1.29 is 0 Å². The number of hydrogen-bond acceptors (Lipinski definition) is 3. The molecule has 0 aliphatic rings. The Bertz CT molecular complexity index is 584. The van der Waals surface area contributed by atoms with Gasteiger partial charge in [0.1, 0.15) is 10.1 Å². The molecule has 0 fully saturated rings. The first-order valence-electron chi connectivity index (χ1n) is 5.95. The fourth-order valence-corrected chi connectivity index (χ4v) is 2.99. The molecule has 2 aromatic rings. The molecule has 2 nitrogen and oxygen atoms in total. The molecule has 2 rings (SSSR count). The first-order valence-corrected chi connectivity index (χ1v) is 7.26. The van der Waals surface area contributed by atoms with Gasteiger partial charge in [0.25, 0.3) is 0 Å². The van der Waals surface area contributed by atoms with Crippen LogP contribution in [0.15, 0.2) is 40.4 Å². The Morgan fingerprint density at radius 3 is 2.39 bits per heavy atom. The van der Waals surface area contributed by atoms with Crippen molar-refractivity contribution in [1.82, 2.24) is 9.13 Å². The van der Waals surface area contributed by atoms with Gasteiger partial charge >= 0.3 is 0 Å². The summed E-state index contributed by atoms with van der Waals surface area (Å²) in [6.45, 7) is 3.05. The van der Waals surface area contributed by atoms with Crippen LogP contribution in [0.25, 0.3) is 5.69 Å². The van der Waals surface area contributed by atoms with Gasteiger partial charge in [0.05, 0.1) is 0 Å². The lowest BCUT2D eigenvalue weighted by Gasteiger charge is -2.04. The molecule has 0 spiro atoms. The molecule has 0 aliphatic carbocycles. The maximum absolute atomic E-state index is 5.52. The largest absolute Gasteiger partial charge is 0.311 e. The van der Waals surface area contributed by atoms with Crippen LogP contribution in [0.2, 0.25) is 0 Å². The fraction of sp³-hybridized carbons (Fsp3) is 0.308. The standard InChI is InChI=1S/C13H16N2S3/c1-2-3-9-14-11(16)12(17)15(13(14)18)10-7-5-4-6-8-10/h4-8,16-17H,2-3,9H2,1H3. The van der Waals surface area contributed by atoms with E-state index in [1.165, 1.54) is 0 Å². The number of aromatic nitrogens is 2. The lowest BCUT2D eigenvalue weighted by molar-refractivity contribution is 0.585. The minimum absolute atomic E-state index is 0.754. The number of nitrogens with zero attached hydrogens (tertiary/aromatic N) is 2. The van der Waals surface area contributed by atoms with E-state index in [2.05, 4.69) is 32.2 Å². The monoisotopic (exact) mass is 296 g/mol. The molecule has 18 heavy (non-hydrogen) atoms. The molecule has 5 heteroatoms. The highest BCUT2D eigenvalue weighted by Gasteiger charge is 2.13. The Hall–Kier alpha value is -0.650. The molecule has 0 saturated heterocycles. The highest BCUT2D eigenvalue weighted by atomic mass is 32.1. The summed E-state index contributed by atoms with van der Waals surface area (Å²) in [4.78, 5) is 0. The third-order valence-electron chi connectivity index (χ3n) is 2.84. The average Bonchev–Trinajstić information content (AvgIpc) is 2.60. The Balaban J connectivity index is 2.53. The van der Waals surface area contributed by atoms with Crippen molar-refractivity contribution >= 4 is 37.5 Å². The third-order valence-corrected chi connectivity index (χ3v) is 4.28. The van der Waals surface area contributed by atoms with Crippen molar-refractivity contribution in [2.75, 3.05) is 0 Å². The smallest absolute Gasteiger partial charge is 0.186 e. The van der Waals surface area contributed by atoms with Gasteiger partial charge in [0.15, 0.2) is 4.77 Å². The molecular weight excluding hydrogens is 280 g/mol. The molecule has 96 valence electrons. The molecule has 1 heterocycles. The van der Waals surface area contributed by atoms with Crippen molar-refractivity contribution in [3.8, 4) is 5.69 Å². The van der Waals surface area contributed by atoms with E-state index < -0.39 is 0 Å². The number of para-hydroxylation sites is 1. The van der Waals surface area contributed by atoms with E-state index in [0.29, 0.717) is 0 Å². The van der Waals surface area contributed by atoms with E-state index >= 15 is 0 Å². The first-order chi connectivity index (χ1) is 8.66. The maximum atomic E-state index is 5.52. The van der Waals surface area contributed by atoms with Gasteiger partial charge in [-0.05, 0) is 30.8 Å². The normalized spacial score (nSPS) is 10.8. The molecule has 0 saturated carbocycles. The van der Waals surface area contributed by atoms with Crippen LogP contribution in [-0.2, 0) is 6.54 Å². The summed E-state index contributed by atoms with van der Waals surface area (Å²) < 4.78 is 4.75. The van der Waals surface area contributed by atoms with Gasteiger partial charge in [0.2, 0.25) is 0 Å². The van der Waals surface area contributed by atoms with Crippen molar-refractivity contribution in [3.63, 3.8) is 0 Å². The molecule has 0 aliphatic heterocycles. The zero-order valence-electron chi connectivity index (χ0n) is 10.2. The van der Waals surface area contributed by atoms with Crippen molar-refractivity contribution in [2.45, 2.75) is 36.4 Å². The van der Waals surface area contributed by atoms with Gasteiger partial charge < -0.3 is 4.57 Å². The summed E-state index contributed by atoms with van der Waals surface area (Å²) >= 11 is 14.6. The van der Waals surface area contributed by atoms with Crippen LogP contribution >= 0.6 is 37.5 Å². The zero-order valence-corrected chi connectivity index (χ0v) is 12.8. The maximum Gasteiger partial charge on any atom is 0.186 e. The molecule has 1 aromatic carbocycles. The Kier molecular flexibility index (Phi) is 4.59. The second-order valence-electron chi connectivity index (χ2n) is 4.11. The van der Waals surface area contributed by atoms with E-state index in [-0.39, 0.29) is 0 Å². The topological polar surface area (TPSA) is 9.86 Å². The van der Waals surface area contributed by atoms with Crippen molar-refractivity contribution in [3.05, 3.63) is 35.1 Å². The number of imidazole rings is 1. The van der Waals surface area contributed by atoms with Gasteiger partial charge in [-0.2, -0.15) is 0 Å². The van der Waals surface area contributed by atoms with Crippen LogP contribution in [0.3, 0.4) is 0 Å². The zero-order chi connectivity index (χ0) is 13.1. The summed E-state index contributed by atoms with van der Waals surface area (Å²) in [7, 11) is 0. The van der Waals surface area contributed by atoms with Crippen molar-refractivity contribution in [1.29, 1.82) is 0 Å². The minimum Gasteiger partial charge on any atom is -0.311 e. The summed E-state index contributed by atoms with van der Waals surface area (Å²) in [6, 6.07) is 10.0. The Morgan fingerprint density at radius 1 is 1.11 bits per heavy atom. The van der Waals surface area contributed by atoms with Crippen LogP contribution in [-0.4, -0.2) is 9.13 Å². The SMILES string of the molecule is CCCCn1c(S)c(S)n(-c2ccccc2)c1=S. The Morgan fingerprint density at radius 2 is 1.78 bits per heavy atom. The highest BCUT2D eigenvalue weighted by molar-refractivity contribution is 7.83. The second kappa shape index (κ2) is 5.99. The fourth-order valence-electron chi connectivity index (χ4n) is 1.85. The summed E-state index contributed by atoms with van der Waals surface area (Å²) in [5.74, 6) is 0. The molecule has 0 amide bonds. The van der Waals surface area contributed by atoms with E-state index in [1.807, 2.05) is 39.5 Å². The molecule has 0 unspecified atom stereocenters. The lowest BCUT2D eigenvalue weighted by Crippen LogP contribution is -2.00. The number of hydrogen-bond donors (Lipinski definition) is 2. The van der Waals surface area contributed by atoms with Crippen LogP contribution in [0.5, 0.6) is 0 Å². The van der Waals surface area contributed by atoms with E-state index in [9.17, 15) is 0 Å². The number of benzene rings is 1. The number of thiol groups is 2. The molecule has 0 N–H and O–H groups in total. The van der Waals surface area contributed by atoms with E-state index in [4.69, 9.17) is 12.2 Å². The molecule has 0 atom stereocenters. The number of rotatable bonds is 4. The summed E-state index contributed by atoms with van der Waals surface area (Å²) in [6.07, 6.45) is 2.22. The predicted octanol–water partition coefficient (Wildman–Crippen LogP) is 4.39. The highest BCUT2D eigenvalue weighted by Crippen LogP contribution is 2.25. The van der Waals surface area contributed by atoms with Crippen LogP contribution in [0.4, 0.5) is 0 Å². The second-order valence-corrected chi connectivity index (χ2v) is 5.32. The van der Waals surface area contributed by atoms with Gasteiger partial charge in [-0.15, -0.1) is 25.3 Å². The van der Waals surface area contributed by atoms with E-state index in [1.54, 1.807) is 0 Å². The summed E-state index contributed by atoms with van der Waals surface area (Å²) in [5, 5.41) is 1.63. The van der Waals surface area contributed by atoms with Crippen LogP contribution in [0, 0.1) is 4.77 Å². The van der Waals surface area contributed by atoms with Gasteiger partial charge in [0, 0.05) is 12.2 Å². The predicted molar refractivity (Wildman–Crippen MR) is 84.0 cm³/mol. The molecule has 0 bridgehead atoms. The van der Waals surface area contributed by atoms with Gasteiger partial charge in [-0.3, -0.25) is 4.57 Å². The lowest BCUT2D eigenvalue weighted by atomic mass is 10.3. The first kappa shape index (κ1) is 13.8. The third kappa shape index (κ3) is 2.53. The van der Waals surface area contributed by atoms with Crippen molar-refractivity contribution in [2.24, 2.45) is 0 Å². The van der Waals surface area contributed by atoms with Crippen LogP contribution in [0.1, 0.15) is 19.8 Å². The molecule has 1 aromatic heterocycles. The molecule has 0 radical (unpaired) electrons. The van der Waals surface area contributed by atoms with Gasteiger partial charge in [-0.1, -0.05) is 31.5 Å². The minimum atomic E-state index is 0.754. The van der Waals surface area contributed by atoms with Gasteiger partial charge in [-0.25, -0.2) is 0 Å². The summed E-state index contributed by atoms with van der Waals surface area (Å²) in [5.41, 5.74) is 1.03. The Labute approximate surface area is 123 Å². The quantitative estimate of drug-likeness (QED) is 0.629. The van der Waals surface area contributed by atoms with E-state index in [0.717, 1.165) is 39.9 Å². The average molecular weight is 296 g/mol. The molecular formula is C13H16N2S3. The number of unbranched alkanes of at least 4 members (excludes halogenated alkanes) is 1. The van der Waals surface area contributed by atoms with Crippen LogP contribution < -0.4 is 0 Å².